The van der Waals surface area contributed by atoms with Gasteiger partial charge in [0.15, 0.2) is 0 Å². The van der Waals surface area contributed by atoms with Crippen LogP contribution in [0.3, 0.4) is 0 Å². The molecule has 0 aromatic rings. The smallest absolute Gasteiger partial charge is 0.372 e. The molecule has 3 rings (SSSR count). The average molecular weight is 362 g/mol. The number of hydrogen-bond donors (Lipinski definition) is 0. The molecule has 2 saturated heterocycles. The van der Waals surface area contributed by atoms with Crippen molar-refractivity contribution < 1.29 is 22.7 Å². The van der Waals surface area contributed by atoms with Gasteiger partial charge >= 0.3 is 6.18 Å². The SMILES string of the molecule is O=C(CN1CCOC2(CCCCCC2)C1)N1CCC[C@@H](C(F)(F)F)C1. The molecule has 0 bridgehead atoms. The summed E-state index contributed by atoms with van der Waals surface area (Å²) in [6.45, 7) is 2.51. The number of alkyl halides is 3. The van der Waals surface area contributed by atoms with Crippen LogP contribution in [0.4, 0.5) is 13.2 Å². The normalized spacial score (nSPS) is 28.8. The largest absolute Gasteiger partial charge is 0.393 e. The third kappa shape index (κ3) is 4.88. The Kier molecular flexibility index (Phi) is 5.93. The van der Waals surface area contributed by atoms with Gasteiger partial charge in [-0.15, -0.1) is 0 Å². The van der Waals surface area contributed by atoms with Crippen LogP contribution in [0.1, 0.15) is 51.4 Å². The zero-order valence-corrected chi connectivity index (χ0v) is 14.8. The Hall–Kier alpha value is -0.820. The molecule has 0 aromatic heterocycles. The van der Waals surface area contributed by atoms with Gasteiger partial charge in [0.1, 0.15) is 0 Å². The van der Waals surface area contributed by atoms with E-state index < -0.39 is 12.1 Å². The highest BCUT2D eigenvalue weighted by Gasteiger charge is 2.43. The zero-order chi connectivity index (χ0) is 17.9. The van der Waals surface area contributed by atoms with E-state index >= 15 is 0 Å². The second-order valence-electron chi connectivity index (χ2n) is 7.88. The molecule has 2 aliphatic heterocycles. The summed E-state index contributed by atoms with van der Waals surface area (Å²) in [6.07, 6.45) is 3.18. The second kappa shape index (κ2) is 7.82. The van der Waals surface area contributed by atoms with Gasteiger partial charge in [-0.1, -0.05) is 25.7 Å². The zero-order valence-electron chi connectivity index (χ0n) is 14.8. The van der Waals surface area contributed by atoms with Crippen molar-refractivity contribution in [3.63, 3.8) is 0 Å². The second-order valence-corrected chi connectivity index (χ2v) is 7.88. The van der Waals surface area contributed by atoms with E-state index in [-0.39, 0.29) is 31.0 Å². The Morgan fingerprint density at radius 2 is 1.80 bits per heavy atom. The number of hydrogen-bond acceptors (Lipinski definition) is 3. The predicted octanol–water partition coefficient (Wildman–Crippen LogP) is 3.21. The number of halogens is 3. The first-order valence-corrected chi connectivity index (χ1v) is 9.59. The van der Waals surface area contributed by atoms with Gasteiger partial charge < -0.3 is 9.64 Å². The summed E-state index contributed by atoms with van der Waals surface area (Å²) in [7, 11) is 0. The van der Waals surface area contributed by atoms with Gasteiger partial charge in [-0.3, -0.25) is 9.69 Å². The van der Waals surface area contributed by atoms with E-state index in [1.54, 1.807) is 0 Å². The van der Waals surface area contributed by atoms with E-state index in [2.05, 4.69) is 4.90 Å². The lowest BCUT2D eigenvalue weighted by Crippen LogP contribution is -2.55. The molecule has 25 heavy (non-hydrogen) atoms. The number of carbonyl (C=O) groups excluding carboxylic acids is 1. The summed E-state index contributed by atoms with van der Waals surface area (Å²) in [5.41, 5.74) is -0.147. The minimum Gasteiger partial charge on any atom is -0.372 e. The molecule has 1 spiro atoms. The molecule has 1 amide bonds. The third-order valence-corrected chi connectivity index (χ3v) is 5.94. The number of nitrogens with zero attached hydrogens (tertiary/aromatic N) is 2. The van der Waals surface area contributed by atoms with Crippen LogP contribution in [0.15, 0.2) is 0 Å². The molecule has 1 saturated carbocycles. The number of morpholine rings is 1. The molecule has 4 nitrogen and oxygen atoms in total. The average Bonchev–Trinajstić information content (AvgIpc) is 2.80. The summed E-state index contributed by atoms with van der Waals surface area (Å²) >= 11 is 0. The number of amides is 1. The molecule has 0 radical (unpaired) electrons. The van der Waals surface area contributed by atoms with Gasteiger partial charge in [0.05, 0.1) is 24.7 Å². The van der Waals surface area contributed by atoms with Crippen molar-refractivity contribution in [2.75, 3.05) is 39.3 Å². The fraction of sp³-hybridized carbons (Fsp3) is 0.944. The van der Waals surface area contributed by atoms with Crippen molar-refractivity contribution >= 4 is 5.91 Å². The van der Waals surface area contributed by atoms with Gasteiger partial charge in [0.2, 0.25) is 5.91 Å². The lowest BCUT2D eigenvalue weighted by atomic mass is 9.92. The highest BCUT2D eigenvalue weighted by molar-refractivity contribution is 5.78. The Labute approximate surface area is 147 Å². The number of ether oxygens (including phenoxy) is 1. The molecule has 7 heteroatoms. The molecule has 144 valence electrons. The number of carbonyl (C=O) groups is 1. The minimum absolute atomic E-state index is 0.133. The number of likely N-dealkylation sites (tertiary alicyclic amines) is 1. The van der Waals surface area contributed by atoms with E-state index in [9.17, 15) is 18.0 Å². The van der Waals surface area contributed by atoms with Crippen molar-refractivity contribution in [2.45, 2.75) is 63.1 Å². The highest BCUT2D eigenvalue weighted by Crippen LogP contribution is 2.34. The first-order chi connectivity index (χ1) is 11.9. The van der Waals surface area contributed by atoms with Gasteiger partial charge in [0.25, 0.3) is 0 Å². The molecule has 3 aliphatic rings. The van der Waals surface area contributed by atoms with E-state index in [0.717, 1.165) is 32.2 Å². The quantitative estimate of drug-likeness (QED) is 0.756. The third-order valence-electron chi connectivity index (χ3n) is 5.94. The molecule has 1 aliphatic carbocycles. The Bertz CT molecular complexity index is 462. The standard InChI is InChI=1S/C18H29F3N2O2/c19-18(20,21)15-6-5-9-23(12-15)16(24)13-22-10-11-25-17(14-22)7-3-1-2-4-8-17/h15H,1-14H2/t15-/m1/s1. The Morgan fingerprint density at radius 3 is 2.48 bits per heavy atom. The van der Waals surface area contributed by atoms with E-state index in [0.29, 0.717) is 26.1 Å². The fourth-order valence-corrected chi connectivity index (χ4v) is 4.50. The van der Waals surface area contributed by atoms with Gasteiger partial charge in [-0.2, -0.15) is 13.2 Å². The highest BCUT2D eigenvalue weighted by atomic mass is 19.4. The maximum atomic E-state index is 12.9. The monoisotopic (exact) mass is 362 g/mol. The fourth-order valence-electron chi connectivity index (χ4n) is 4.50. The lowest BCUT2D eigenvalue weighted by molar-refractivity contribution is -0.188. The summed E-state index contributed by atoms with van der Waals surface area (Å²) in [6, 6.07) is 0. The van der Waals surface area contributed by atoms with Crippen molar-refractivity contribution in [3.8, 4) is 0 Å². The lowest BCUT2D eigenvalue weighted by Gasteiger charge is -2.43. The van der Waals surface area contributed by atoms with Crippen LogP contribution < -0.4 is 0 Å². The molecular weight excluding hydrogens is 333 g/mol. The van der Waals surface area contributed by atoms with Crippen LogP contribution in [0.2, 0.25) is 0 Å². The Morgan fingerprint density at radius 1 is 1.08 bits per heavy atom. The summed E-state index contributed by atoms with van der Waals surface area (Å²) in [4.78, 5) is 16.1. The molecule has 0 N–H and O–H groups in total. The molecular formula is C18H29F3N2O2. The maximum absolute atomic E-state index is 12.9. The predicted molar refractivity (Wildman–Crippen MR) is 88.2 cm³/mol. The molecule has 2 heterocycles. The van der Waals surface area contributed by atoms with Crippen LogP contribution >= 0.6 is 0 Å². The molecule has 1 atom stereocenters. The summed E-state index contributed by atoms with van der Waals surface area (Å²) in [5.74, 6) is -1.54. The van der Waals surface area contributed by atoms with E-state index in [1.165, 1.54) is 17.7 Å². The number of rotatable bonds is 2. The van der Waals surface area contributed by atoms with Crippen LogP contribution in [-0.4, -0.2) is 66.8 Å². The molecule has 0 unspecified atom stereocenters. The van der Waals surface area contributed by atoms with Gasteiger partial charge in [-0.25, -0.2) is 0 Å². The Balaban J connectivity index is 1.55. The first-order valence-electron chi connectivity index (χ1n) is 9.59. The van der Waals surface area contributed by atoms with Crippen LogP contribution in [0.25, 0.3) is 0 Å². The van der Waals surface area contributed by atoms with Crippen LogP contribution in [0, 0.1) is 5.92 Å². The van der Waals surface area contributed by atoms with E-state index in [1.807, 2.05) is 0 Å². The molecule has 0 aromatic carbocycles. The number of piperidine rings is 1. The van der Waals surface area contributed by atoms with Crippen LogP contribution in [0.5, 0.6) is 0 Å². The van der Waals surface area contributed by atoms with Crippen molar-refractivity contribution in [3.05, 3.63) is 0 Å². The first kappa shape index (κ1) is 19.0. The summed E-state index contributed by atoms with van der Waals surface area (Å²) < 4.78 is 44.9. The van der Waals surface area contributed by atoms with Crippen molar-refractivity contribution in [2.24, 2.45) is 5.92 Å². The van der Waals surface area contributed by atoms with Gasteiger partial charge in [-0.05, 0) is 25.7 Å². The summed E-state index contributed by atoms with van der Waals surface area (Å²) in [5, 5.41) is 0. The van der Waals surface area contributed by atoms with E-state index in [4.69, 9.17) is 4.74 Å². The van der Waals surface area contributed by atoms with Crippen molar-refractivity contribution in [1.82, 2.24) is 9.80 Å². The minimum atomic E-state index is -4.21. The topological polar surface area (TPSA) is 32.8 Å². The van der Waals surface area contributed by atoms with Crippen molar-refractivity contribution in [1.29, 1.82) is 0 Å². The maximum Gasteiger partial charge on any atom is 0.393 e. The molecule has 3 fully saturated rings. The van der Waals surface area contributed by atoms with Gasteiger partial charge in [0, 0.05) is 26.2 Å². The van der Waals surface area contributed by atoms with Crippen LogP contribution in [-0.2, 0) is 9.53 Å².